The van der Waals surface area contributed by atoms with Gasteiger partial charge in [0.25, 0.3) is 0 Å². The van der Waals surface area contributed by atoms with Gasteiger partial charge in [0.05, 0.1) is 5.52 Å². The molecule has 7 nitrogen and oxygen atoms in total. The number of ether oxygens (including phenoxy) is 1. The highest BCUT2D eigenvalue weighted by Gasteiger charge is 2.36. The van der Waals surface area contributed by atoms with Gasteiger partial charge in [0.2, 0.25) is 5.24 Å². The summed E-state index contributed by atoms with van der Waals surface area (Å²) >= 11 is 4.64. The van der Waals surface area contributed by atoms with E-state index < -0.39 is 17.7 Å². The fraction of sp³-hybridized carbons (Fsp3) is 0.370. The lowest BCUT2D eigenvalue weighted by atomic mass is 9.74. The number of nitrogens with one attached hydrogen (secondary N) is 1. The van der Waals surface area contributed by atoms with Crippen molar-refractivity contribution in [3.63, 3.8) is 0 Å². The Hall–Kier alpha value is -3.16. The maximum Gasteiger partial charge on any atom is 0.419 e. The smallest absolute Gasteiger partial charge is 0.419 e. The van der Waals surface area contributed by atoms with Gasteiger partial charge >= 0.3 is 12.1 Å². The lowest BCUT2D eigenvalue weighted by Gasteiger charge is -2.29. The number of aromatic nitrogens is 1. The summed E-state index contributed by atoms with van der Waals surface area (Å²) in [7, 11) is 0. The van der Waals surface area contributed by atoms with Crippen molar-refractivity contribution >= 4 is 39.8 Å². The summed E-state index contributed by atoms with van der Waals surface area (Å²) in [6.45, 7) is 8.36. The summed E-state index contributed by atoms with van der Waals surface area (Å²) in [6, 6.07) is 17.8. The van der Waals surface area contributed by atoms with Gasteiger partial charge < -0.3 is 15.2 Å². The van der Waals surface area contributed by atoms with E-state index in [0.29, 0.717) is 5.52 Å². The van der Waals surface area contributed by atoms with Gasteiger partial charge in [0.1, 0.15) is 11.3 Å². The summed E-state index contributed by atoms with van der Waals surface area (Å²) < 4.78 is 6.62. The predicted octanol–water partition coefficient (Wildman–Crippen LogP) is 5.37. The maximum absolute atomic E-state index is 12.8. The molecule has 2 aromatic carbocycles. The van der Waals surface area contributed by atoms with Crippen LogP contribution in [0.1, 0.15) is 55.7 Å². The molecule has 3 aromatic rings. The number of hydrogen-bond acceptors (Lipinski definition) is 5. The zero-order valence-corrected chi connectivity index (χ0v) is 21.2. The van der Waals surface area contributed by atoms with Crippen molar-refractivity contribution in [2.75, 3.05) is 13.1 Å². The fourth-order valence-corrected chi connectivity index (χ4v) is 4.44. The van der Waals surface area contributed by atoms with Crippen LogP contribution in [0.15, 0.2) is 54.6 Å². The molecule has 35 heavy (non-hydrogen) atoms. The maximum atomic E-state index is 12.8. The molecule has 0 saturated carbocycles. The first-order chi connectivity index (χ1) is 16.4. The van der Waals surface area contributed by atoms with E-state index in [4.69, 9.17) is 4.74 Å². The second-order valence-electron chi connectivity index (χ2n) is 9.76. The van der Waals surface area contributed by atoms with Crippen LogP contribution in [0.5, 0.6) is 0 Å². The number of benzene rings is 2. The Balaban J connectivity index is 0.000000795. The molecule has 2 N–H and O–H groups in total. The second-order valence-corrected chi connectivity index (χ2v) is 10.3. The molecule has 186 valence electrons. The minimum Gasteiger partial charge on any atom is -0.477 e. The van der Waals surface area contributed by atoms with E-state index in [1.54, 1.807) is 26.8 Å². The summed E-state index contributed by atoms with van der Waals surface area (Å²) in [5, 5.41) is 13.5. The van der Waals surface area contributed by atoms with Crippen LogP contribution < -0.4 is 5.32 Å². The number of nitrogens with zero attached hydrogens (tertiary/aromatic N) is 1. The van der Waals surface area contributed by atoms with Crippen LogP contribution in [0.3, 0.4) is 0 Å². The number of aromatic carboxylic acids is 1. The Labute approximate surface area is 210 Å². The predicted molar refractivity (Wildman–Crippen MR) is 136 cm³/mol. The molecule has 2 heterocycles. The molecular weight excluding hydrogens is 468 g/mol. The van der Waals surface area contributed by atoms with E-state index in [2.05, 4.69) is 41.2 Å². The third kappa shape index (κ3) is 6.50. The average Bonchev–Trinajstić information content (AvgIpc) is 3.38. The van der Waals surface area contributed by atoms with Gasteiger partial charge in [-0.15, -0.1) is 0 Å². The molecule has 0 amide bonds. The van der Waals surface area contributed by atoms with Crippen molar-refractivity contribution in [2.24, 2.45) is 0 Å². The van der Waals surface area contributed by atoms with Gasteiger partial charge in [-0.1, -0.05) is 36.4 Å². The third-order valence-electron chi connectivity index (χ3n) is 5.84. The quantitative estimate of drug-likeness (QED) is 0.469. The molecule has 0 spiro atoms. The number of carbonyl (C=O) groups excluding carboxylic acids is 2. The molecule has 1 unspecified atom stereocenters. The van der Waals surface area contributed by atoms with Crippen LogP contribution >= 0.6 is 11.6 Å². The highest BCUT2D eigenvalue weighted by atomic mass is 35.5. The molecule has 1 aliphatic rings. The van der Waals surface area contributed by atoms with Crippen LogP contribution in [0, 0.1) is 0 Å². The SMILES string of the molecule is CC(=O)Cl.CC(C)(C)OC(=O)n1c(C(=O)O)cc2cc(C3(Cc4ccccc4)CCNC3)ccc21. The number of carboxylic acid groups (broad SMARTS) is 1. The van der Waals surface area contributed by atoms with Gasteiger partial charge in [-0.3, -0.25) is 4.79 Å². The molecule has 1 atom stereocenters. The van der Waals surface area contributed by atoms with Crippen molar-refractivity contribution in [1.82, 2.24) is 9.88 Å². The molecule has 0 bridgehead atoms. The molecule has 1 aromatic heterocycles. The topological polar surface area (TPSA) is 97.6 Å². The highest BCUT2D eigenvalue weighted by molar-refractivity contribution is 6.62. The van der Waals surface area contributed by atoms with Crippen molar-refractivity contribution < 1.29 is 24.2 Å². The minimum atomic E-state index is -1.16. The van der Waals surface area contributed by atoms with E-state index in [0.717, 1.165) is 41.4 Å². The molecule has 0 aliphatic carbocycles. The number of fused-ring (bicyclic) bond motifs is 1. The Morgan fingerprint density at radius 2 is 1.77 bits per heavy atom. The molecule has 8 heteroatoms. The zero-order valence-electron chi connectivity index (χ0n) is 20.4. The van der Waals surface area contributed by atoms with Crippen LogP contribution in [0.2, 0.25) is 0 Å². The summed E-state index contributed by atoms with van der Waals surface area (Å²) in [5.41, 5.74) is 2.06. The van der Waals surface area contributed by atoms with E-state index in [1.165, 1.54) is 12.5 Å². The number of carboxylic acids is 1. The lowest BCUT2D eigenvalue weighted by Crippen LogP contribution is -2.31. The summed E-state index contributed by atoms with van der Waals surface area (Å²) in [4.78, 5) is 33.9. The Kier molecular flexibility index (Phi) is 8.03. The highest BCUT2D eigenvalue weighted by Crippen LogP contribution is 2.36. The zero-order chi connectivity index (χ0) is 25.8. The molecule has 0 radical (unpaired) electrons. The summed E-state index contributed by atoms with van der Waals surface area (Å²) in [6.07, 6.45) is 1.20. The standard InChI is InChI=1S/C25H28N2O4.C2H3ClO/c1-24(2,3)31-23(30)27-20-10-9-19(13-18(20)14-21(27)22(28)29)25(11-12-26-16-25)15-17-7-5-4-6-8-17;1-2(3)4/h4-10,13-14,26H,11-12,15-16H2,1-3H3,(H,28,29);1H3. The lowest BCUT2D eigenvalue weighted by molar-refractivity contribution is -0.109. The van der Waals surface area contributed by atoms with Crippen molar-refractivity contribution in [3.05, 3.63) is 71.4 Å². The van der Waals surface area contributed by atoms with Crippen LogP contribution in [0.25, 0.3) is 10.9 Å². The monoisotopic (exact) mass is 498 g/mol. The first kappa shape index (κ1) is 26.4. The van der Waals surface area contributed by atoms with Crippen LogP contribution in [-0.4, -0.2) is 45.7 Å². The van der Waals surface area contributed by atoms with Gasteiger partial charge in [0, 0.05) is 24.3 Å². The van der Waals surface area contributed by atoms with Gasteiger partial charge in [0.15, 0.2) is 0 Å². The van der Waals surface area contributed by atoms with Crippen LogP contribution in [-0.2, 0) is 21.4 Å². The second kappa shape index (κ2) is 10.6. The Bertz CT molecular complexity index is 1220. The first-order valence-electron chi connectivity index (χ1n) is 11.5. The molecule has 4 rings (SSSR count). The molecule has 1 fully saturated rings. The van der Waals surface area contributed by atoms with Gasteiger partial charge in [-0.2, -0.15) is 0 Å². The number of rotatable bonds is 4. The number of carbonyl (C=O) groups is 3. The van der Waals surface area contributed by atoms with Gasteiger partial charge in [-0.05, 0) is 81.1 Å². The van der Waals surface area contributed by atoms with E-state index in [1.807, 2.05) is 24.3 Å². The van der Waals surface area contributed by atoms with Crippen molar-refractivity contribution in [1.29, 1.82) is 0 Å². The Morgan fingerprint density at radius 3 is 2.31 bits per heavy atom. The third-order valence-corrected chi connectivity index (χ3v) is 5.84. The molecule has 1 aliphatic heterocycles. The van der Waals surface area contributed by atoms with Gasteiger partial charge in [-0.25, -0.2) is 14.2 Å². The minimum absolute atomic E-state index is 0.0764. The summed E-state index contributed by atoms with van der Waals surface area (Å²) in [5.74, 6) is -1.16. The molecule has 1 saturated heterocycles. The Morgan fingerprint density at radius 1 is 1.11 bits per heavy atom. The van der Waals surface area contributed by atoms with Crippen molar-refractivity contribution in [2.45, 2.75) is 51.6 Å². The van der Waals surface area contributed by atoms with E-state index in [9.17, 15) is 19.5 Å². The van der Waals surface area contributed by atoms with E-state index in [-0.39, 0.29) is 16.4 Å². The largest absolute Gasteiger partial charge is 0.477 e. The average molecular weight is 499 g/mol. The number of hydrogen-bond donors (Lipinski definition) is 2. The van der Waals surface area contributed by atoms with E-state index >= 15 is 0 Å². The normalized spacial score (nSPS) is 17.5. The first-order valence-corrected chi connectivity index (χ1v) is 11.8. The number of halogens is 1. The van der Waals surface area contributed by atoms with Crippen molar-refractivity contribution in [3.8, 4) is 0 Å². The molecular formula is C27H31ClN2O5. The fourth-order valence-electron chi connectivity index (χ4n) is 4.44. The van der Waals surface area contributed by atoms with Crippen LogP contribution in [0.4, 0.5) is 4.79 Å².